The maximum Gasteiger partial charge on any atom is 0.146 e. The third-order valence-electron chi connectivity index (χ3n) is 2.79. The molecule has 0 atom stereocenters. The molecule has 2 aromatic rings. The van der Waals surface area contributed by atoms with Crippen LogP contribution in [-0.4, -0.2) is 6.54 Å². The average molecular weight is 356 g/mol. The van der Waals surface area contributed by atoms with Crippen LogP contribution in [0, 0.1) is 11.7 Å². The minimum atomic E-state index is -0.336. The van der Waals surface area contributed by atoms with Crippen molar-refractivity contribution in [3.05, 3.63) is 52.1 Å². The Hall–Kier alpha value is -1.33. The van der Waals surface area contributed by atoms with Crippen LogP contribution >= 0.6 is 15.9 Å². The van der Waals surface area contributed by atoms with Gasteiger partial charge in [-0.1, -0.05) is 29.8 Å². The van der Waals surface area contributed by atoms with E-state index in [0.717, 1.165) is 18.1 Å². The number of benzene rings is 1. The van der Waals surface area contributed by atoms with Gasteiger partial charge in [0.2, 0.25) is 0 Å². The first kappa shape index (κ1) is 16.0. The number of rotatable bonds is 7. The van der Waals surface area contributed by atoms with Crippen molar-refractivity contribution in [3.8, 4) is 5.75 Å². The molecule has 1 aromatic carbocycles. The SMILES string of the molecule is CC(C)CNCc1ccc(COc2cc(F)cc(Br)c2)o1. The highest BCUT2D eigenvalue weighted by molar-refractivity contribution is 9.10. The lowest BCUT2D eigenvalue weighted by Crippen LogP contribution is -2.18. The van der Waals surface area contributed by atoms with E-state index in [1.165, 1.54) is 12.1 Å². The second-order valence-corrected chi connectivity index (χ2v) is 6.20. The van der Waals surface area contributed by atoms with Crippen LogP contribution in [0.2, 0.25) is 0 Å². The van der Waals surface area contributed by atoms with Crippen LogP contribution in [0.3, 0.4) is 0 Å². The zero-order valence-corrected chi connectivity index (χ0v) is 13.7. The first-order valence-corrected chi connectivity index (χ1v) is 7.69. The molecule has 1 aromatic heterocycles. The summed E-state index contributed by atoms with van der Waals surface area (Å²) < 4.78 is 25.0. The van der Waals surface area contributed by atoms with Crippen molar-refractivity contribution < 1.29 is 13.5 Å². The highest BCUT2D eigenvalue weighted by Gasteiger charge is 2.05. The molecular weight excluding hydrogens is 337 g/mol. The van der Waals surface area contributed by atoms with Crippen molar-refractivity contribution in [2.75, 3.05) is 6.54 Å². The molecule has 0 spiro atoms. The van der Waals surface area contributed by atoms with Gasteiger partial charge in [0.15, 0.2) is 0 Å². The van der Waals surface area contributed by atoms with E-state index >= 15 is 0 Å². The first-order chi connectivity index (χ1) is 10.0. The highest BCUT2D eigenvalue weighted by Crippen LogP contribution is 2.21. The van der Waals surface area contributed by atoms with Gasteiger partial charge in [0, 0.05) is 10.5 Å². The predicted molar refractivity (Wildman–Crippen MR) is 83.7 cm³/mol. The van der Waals surface area contributed by atoms with Crippen molar-refractivity contribution in [2.45, 2.75) is 27.0 Å². The summed E-state index contributed by atoms with van der Waals surface area (Å²) >= 11 is 3.23. The molecule has 0 amide bonds. The Morgan fingerprint density at radius 1 is 1.24 bits per heavy atom. The Morgan fingerprint density at radius 2 is 2.00 bits per heavy atom. The molecule has 0 unspecified atom stereocenters. The number of nitrogens with one attached hydrogen (secondary N) is 1. The molecule has 3 nitrogen and oxygen atoms in total. The molecule has 2 rings (SSSR count). The van der Waals surface area contributed by atoms with Gasteiger partial charge in [-0.05, 0) is 36.7 Å². The summed E-state index contributed by atoms with van der Waals surface area (Å²) in [6.07, 6.45) is 0. The highest BCUT2D eigenvalue weighted by atomic mass is 79.9. The van der Waals surface area contributed by atoms with Crippen molar-refractivity contribution in [2.24, 2.45) is 5.92 Å². The summed E-state index contributed by atoms with van der Waals surface area (Å²) in [5, 5.41) is 3.31. The third-order valence-corrected chi connectivity index (χ3v) is 3.24. The summed E-state index contributed by atoms with van der Waals surface area (Å²) in [7, 11) is 0. The van der Waals surface area contributed by atoms with Gasteiger partial charge in [-0.3, -0.25) is 0 Å². The van der Waals surface area contributed by atoms with E-state index in [4.69, 9.17) is 9.15 Å². The van der Waals surface area contributed by atoms with Gasteiger partial charge in [-0.25, -0.2) is 4.39 Å². The molecule has 0 fully saturated rings. The standard InChI is InChI=1S/C16H19BrFNO2/c1-11(2)8-19-9-14-3-4-15(21-14)10-20-16-6-12(17)5-13(18)7-16/h3-7,11,19H,8-10H2,1-2H3. The lowest BCUT2D eigenvalue weighted by Gasteiger charge is -2.06. The molecule has 0 radical (unpaired) electrons. The zero-order chi connectivity index (χ0) is 15.2. The molecule has 1 N–H and O–H groups in total. The largest absolute Gasteiger partial charge is 0.486 e. The van der Waals surface area contributed by atoms with E-state index in [9.17, 15) is 4.39 Å². The molecular formula is C16H19BrFNO2. The fraction of sp³-hybridized carbons (Fsp3) is 0.375. The lowest BCUT2D eigenvalue weighted by atomic mass is 10.2. The third kappa shape index (κ3) is 5.52. The van der Waals surface area contributed by atoms with Gasteiger partial charge in [-0.15, -0.1) is 0 Å². The summed E-state index contributed by atoms with van der Waals surface area (Å²) in [5.41, 5.74) is 0. The number of halogens is 2. The Morgan fingerprint density at radius 3 is 2.71 bits per heavy atom. The van der Waals surface area contributed by atoms with Crippen LogP contribution in [0.15, 0.2) is 39.2 Å². The van der Waals surface area contributed by atoms with Gasteiger partial charge < -0.3 is 14.5 Å². The Kier molecular flexibility index (Phi) is 5.82. The second kappa shape index (κ2) is 7.61. The summed E-state index contributed by atoms with van der Waals surface area (Å²) in [5.74, 6) is 2.33. The molecule has 0 bridgehead atoms. The second-order valence-electron chi connectivity index (χ2n) is 5.29. The van der Waals surface area contributed by atoms with Crippen LogP contribution in [0.5, 0.6) is 5.75 Å². The van der Waals surface area contributed by atoms with Gasteiger partial charge in [-0.2, -0.15) is 0 Å². The fourth-order valence-electron chi connectivity index (χ4n) is 1.85. The van der Waals surface area contributed by atoms with Gasteiger partial charge >= 0.3 is 0 Å². The van der Waals surface area contributed by atoms with E-state index in [1.807, 2.05) is 12.1 Å². The molecule has 5 heteroatoms. The van der Waals surface area contributed by atoms with Gasteiger partial charge in [0.25, 0.3) is 0 Å². The smallest absolute Gasteiger partial charge is 0.146 e. The Labute approximate surface area is 132 Å². The Balaban J connectivity index is 1.85. The molecule has 114 valence electrons. The van der Waals surface area contributed by atoms with Crippen LogP contribution in [0.4, 0.5) is 4.39 Å². The van der Waals surface area contributed by atoms with Gasteiger partial charge in [0.05, 0.1) is 6.54 Å². The number of ether oxygens (including phenoxy) is 1. The normalized spacial score (nSPS) is 11.1. The van der Waals surface area contributed by atoms with E-state index in [2.05, 4.69) is 35.1 Å². The first-order valence-electron chi connectivity index (χ1n) is 6.90. The molecule has 0 saturated carbocycles. The molecule has 0 aliphatic carbocycles. The number of hydrogen-bond donors (Lipinski definition) is 1. The van der Waals surface area contributed by atoms with Gasteiger partial charge in [0.1, 0.15) is 29.7 Å². The van der Waals surface area contributed by atoms with Crippen molar-refractivity contribution in [3.63, 3.8) is 0 Å². The summed E-state index contributed by atoms with van der Waals surface area (Å²) in [6, 6.07) is 8.25. The molecule has 21 heavy (non-hydrogen) atoms. The summed E-state index contributed by atoms with van der Waals surface area (Å²) in [4.78, 5) is 0. The topological polar surface area (TPSA) is 34.4 Å². The lowest BCUT2D eigenvalue weighted by molar-refractivity contribution is 0.263. The van der Waals surface area contributed by atoms with Crippen LogP contribution < -0.4 is 10.1 Å². The maximum absolute atomic E-state index is 13.2. The average Bonchev–Trinajstić information content (AvgIpc) is 2.83. The number of furan rings is 1. The van der Waals surface area contributed by atoms with E-state index in [1.54, 1.807) is 6.07 Å². The molecule has 0 aliphatic rings. The van der Waals surface area contributed by atoms with E-state index < -0.39 is 0 Å². The summed E-state index contributed by atoms with van der Waals surface area (Å²) in [6.45, 7) is 6.24. The van der Waals surface area contributed by atoms with E-state index in [0.29, 0.717) is 22.7 Å². The molecule has 1 heterocycles. The minimum absolute atomic E-state index is 0.278. The van der Waals surface area contributed by atoms with Crippen molar-refractivity contribution in [1.82, 2.24) is 5.32 Å². The molecule has 0 saturated heterocycles. The monoisotopic (exact) mass is 355 g/mol. The maximum atomic E-state index is 13.2. The van der Waals surface area contributed by atoms with Crippen LogP contribution in [-0.2, 0) is 13.2 Å². The van der Waals surface area contributed by atoms with Crippen molar-refractivity contribution >= 4 is 15.9 Å². The van der Waals surface area contributed by atoms with Crippen molar-refractivity contribution in [1.29, 1.82) is 0 Å². The number of hydrogen-bond acceptors (Lipinski definition) is 3. The van der Waals surface area contributed by atoms with Crippen LogP contribution in [0.25, 0.3) is 0 Å². The van der Waals surface area contributed by atoms with E-state index in [-0.39, 0.29) is 12.4 Å². The predicted octanol–water partition coefficient (Wildman–Crippen LogP) is 4.51. The molecule has 0 aliphatic heterocycles. The quantitative estimate of drug-likeness (QED) is 0.793. The zero-order valence-electron chi connectivity index (χ0n) is 12.2. The van der Waals surface area contributed by atoms with Crippen LogP contribution in [0.1, 0.15) is 25.4 Å². The minimum Gasteiger partial charge on any atom is -0.486 e. The fourth-order valence-corrected chi connectivity index (χ4v) is 2.29. The Bertz CT molecular complexity index is 563.